The second-order valence-electron chi connectivity index (χ2n) is 6.12. The Balaban J connectivity index is 5.01. The molecular weight excluding hydrogens is 376 g/mol. The summed E-state index contributed by atoms with van der Waals surface area (Å²) in [6.45, 7) is 2.25. The molecule has 4 unspecified atom stereocenters. The Morgan fingerprint density at radius 1 is 1.11 bits per heavy atom. The molecule has 0 aliphatic carbocycles. The van der Waals surface area contributed by atoms with Crippen molar-refractivity contribution < 1.29 is 29.4 Å². The fraction of sp³-hybridized carbons (Fsp3) is 0.750. The zero-order valence-electron chi connectivity index (χ0n) is 15.9. The summed E-state index contributed by atoms with van der Waals surface area (Å²) in [6, 6.07) is -3.03. The Bertz CT molecular complexity index is 519. The summed E-state index contributed by atoms with van der Waals surface area (Å²) in [6.07, 6.45) is 2.93. The predicted molar refractivity (Wildman–Crippen MR) is 102 cm³/mol. The number of carbonyl (C=O) groups excluding carboxylic acids is 3. The molecule has 10 nitrogen and oxygen atoms in total. The van der Waals surface area contributed by atoms with Gasteiger partial charge in [0.2, 0.25) is 17.7 Å². The number of amides is 3. The smallest absolute Gasteiger partial charge is 0.322 e. The van der Waals surface area contributed by atoms with E-state index in [1.807, 2.05) is 13.2 Å². The van der Waals surface area contributed by atoms with E-state index in [9.17, 15) is 24.3 Å². The van der Waals surface area contributed by atoms with Gasteiger partial charge in [-0.1, -0.05) is 20.3 Å². The van der Waals surface area contributed by atoms with Crippen LogP contribution in [0.1, 0.15) is 26.7 Å². The molecular formula is C16H30N4O6S. The second-order valence-corrected chi connectivity index (χ2v) is 7.10. The zero-order valence-corrected chi connectivity index (χ0v) is 16.7. The van der Waals surface area contributed by atoms with Crippen molar-refractivity contribution in [2.24, 2.45) is 11.7 Å². The number of aliphatic hydroxyl groups excluding tert-OH is 1. The zero-order chi connectivity index (χ0) is 21.0. The minimum Gasteiger partial charge on any atom is -0.480 e. The summed E-state index contributed by atoms with van der Waals surface area (Å²) in [5.74, 6) is -2.76. The molecule has 27 heavy (non-hydrogen) atoms. The fourth-order valence-electron chi connectivity index (χ4n) is 2.08. The van der Waals surface area contributed by atoms with E-state index in [0.717, 1.165) is 0 Å². The average Bonchev–Trinajstić information content (AvgIpc) is 2.65. The van der Waals surface area contributed by atoms with Gasteiger partial charge in [-0.3, -0.25) is 19.2 Å². The van der Waals surface area contributed by atoms with E-state index >= 15 is 0 Å². The van der Waals surface area contributed by atoms with E-state index in [4.69, 9.17) is 10.8 Å². The van der Waals surface area contributed by atoms with Gasteiger partial charge in [0, 0.05) is 0 Å². The van der Waals surface area contributed by atoms with Crippen LogP contribution in [0.4, 0.5) is 0 Å². The Morgan fingerprint density at radius 3 is 2.22 bits per heavy atom. The van der Waals surface area contributed by atoms with Crippen molar-refractivity contribution in [3.05, 3.63) is 0 Å². The van der Waals surface area contributed by atoms with E-state index in [-0.39, 0.29) is 5.92 Å². The number of carboxylic acid groups (broad SMARTS) is 1. The van der Waals surface area contributed by atoms with Gasteiger partial charge in [0.05, 0.1) is 12.6 Å². The van der Waals surface area contributed by atoms with E-state index in [1.54, 1.807) is 18.7 Å². The summed E-state index contributed by atoms with van der Waals surface area (Å²) < 4.78 is 0. The third-order valence-corrected chi connectivity index (χ3v) is 4.64. The lowest BCUT2D eigenvalue weighted by atomic mass is 9.97. The van der Waals surface area contributed by atoms with E-state index in [1.165, 1.54) is 0 Å². The molecule has 0 fully saturated rings. The minimum atomic E-state index is -1.33. The topological polar surface area (TPSA) is 171 Å². The Kier molecular flexibility index (Phi) is 12.4. The van der Waals surface area contributed by atoms with Crippen LogP contribution in [0.2, 0.25) is 0 Å². The molecule has 0 radical (unpaired) electrons. The highest BCUT2D eigenvalue weighted by Gasteiger charge is 2.30. The number of rotatable bonds is 13. The number of hydrogen-bond donors (Lipinski definition) is 6. The number of nitrogens with two attached hydrogens (primary N) is 1. The van der Waals surface area contributed by atoms with Crippen LogP contribution in [-0.4, -0.2) is 77.2 Å². The van der Waals surface area contributed by atoms with Gasteiger partial charge in [-0.05, 0) is 24.3 Å². The molecule has 0 heterocycles. The molecule has 11 heteroatoms. The highest BCUT2D eigenvalue weighted by Crippen LogP contribution is 2.09. The van der Waals surface area contributed by atoms with Gasteiger partial charge in [0.25, 0.3) is 0 Å². The lowest BCUT2D eigenvalue weighted by Crippen LogP contribution is -2.58. The van der Waals surface area contributed by atoms with Gasteiger partial charge in [-0.2, -0.15) is 11.8 Å². The summed E-state index contributed by atoms with van der Waals surface area (Å²) in [4.78, 5) is 47.2. The number of carboxylic acids is 1. The number of aliphatic hydroxyl groups is 1. The fourth-order valence-corrected chi connectivity index (χ4v) is 2.57. The van der Waals surface area contributed by atoms with Crippen molar-refractivity contribution in [3.63, 3.8) is 0 Å². The molecule has 3 amide bonds. The summed E-state index contributed by atoms with van der Waals surface area (Å²) in [5, 5.41) is 24.9. The molecule has 0 aromatic carbocycles. The molecule has 0 spiro atoms. The monoisotopic (exact) mass is 406 g/mol. The van der Waals surface area contributed by atoms with Crippen molar-refractivity contribution in [2.75, 3.05) is 25.2 Å². The minimum absolute atomic E-state index is 0.247. The van der Waals surface area contributed by atoms with Crippen LogP contribution in [-0.2, 0) is 19.2 Å². The van der Waals surface area contributed by atoms with Crippen LogP contribution < -0.4 is 21.7 Å². The largest absolute Gasteiger partial charge is 0.480 e. The first-order valence-electron chi connectivity index (χ1n) is 8.63. The van der Waals surface area contributed by atoms with Crippen molar-refractivity contribution in [2.45, 2.75) is 44.8 Å². The normalized spacial score (nSPS) is 15.1. The van der Waals surface area contributed by atoms with Crippen molar-refractivity contribution >= 4 is 35.5 Å². The van der Waals surface area contributed by atoms with Crippen LogP contribution in [0, 0.1) is 5.92 Å². The number of hydrogen-bond acceptors (Lipinski definition) is 7. The third-order valence-electron chi connectivity index (χ3n) is 3.99. The lowest BCUT2D eigenvalue weighted by molar-refractivity contribution is -0.139. The van der Waals surface area contributed by atoms with Crippen LogP contribution in [0.15, 0.2) is 0 Å². The predicted octanol–water partition coefficient (Wildman–Crippen LogP) is -1.72. The molecule has 4 atom stereocenters. The molecule has 0 saturated heterocycles. The summed E-state index contributed by atoms with van der Waals surface area (Å²) >= 11 is 1.55. The van der Waals surface area contributed by atoms with Crippen LogP contribution in [0.25, 0.3) is 0 Å². The van der Waals surface area contributed by atoms with Crippen LogP contribution in [0.5, 0.6) is 0 Å². The van der Waals surface area contributed by atoms with Crippen LogP contribution >= 0.6 is 11.8 Å². The SMILES string of the molecule is CCC(C)C(NC(=O)C(N)CCSC)C(=O)NC(CO)C(=O)NCC(=O)O. The first-order valence-corrected chi connectivity index (χ1v) is 10.0. The lowest BCUT2D eigenvalue weighted by Gasteiger charge is -2.26. The molecule has 0 aromatic heterocycles. The molecule has 0 aliphatic rings. The van der Waals surface area contributed by atoms with Crippen molar-refractivity contribution in [1.82, 2.24) is 16.0 Å². The maximum atomic E-state index is 12.5. The maximum absolute atomic E-state index is 12.5. The van der Waals surface area contributed by atoms with Gasteiger partial charge in [0.15, 0.2) is 0 Å². The highest BCUT2D eigenvalue weighted by atomic mass is 32.2. The van der Waals surface area contributed by atoms with Gasteiger partial charge < -0.3 is 31.9 Å². The number of thioether (sulfide) groups is 1. The first-order chi connectivity index (χ1) is 12.7. The first kappa shape index (κ1) is 25.1. The average molecular weight is 407 g/mol. The number of nitrogens with one attached hydrogen (secondary N) is 3. The van der Waals surface area contributed by atoms with Gasteiger partial charge in [-0.25, -0.2) is 0 Å². The van der Waals surface area contributed by atoms with E-state index in [0.29, 0.717) is 18.6 Å². The molecule has 0 saturated carbocycles. The van der Waals surface area contributed by atoms with E-state index in [2.05, 4.69) is 16.0 Å². The quantitative estimate of drug-likeness (QED) is 0.210. The van der Waals surface area contributed by atoms with Crippen molar-refractivity contribution in [3.8, 4) is 0 Å². The molecule has 156 valence electrons. The van der Waals surface area contributed by atoms with Crippen molar-refractivity contribution in [1.29, 1.82) is 0 Å². The Labute approximate surface area is 163 Å². The highest BCUT2D eigenvalue weighted by molar-refractivity contribution is 7.98. The maximum Gasteiger partial charge on any atom is 0.322 e. The van der Waals surface area contributed by atoms with Gasteiger partial charge in [-0.15, -0.1) is 0 Å². The number of aliphatic carboxylic acids is 1. The molecule has 0 bridgehead atoms. The Hall–Kier alpha value is -1.85. The molecule has 0 aromatic rings. The standard InChI is InChI=1S/C16H30N4O6S/c1-4-9(2)13(20-14(24)10(17)5-6-27-3)16(26)19-11(8-21)15(25)18-7-12(22)23/h9-11,13,21H,4-8,17H2,1-3H3,(H,18,25)(H,19,26)(H,20,24)(H,22,23). The Morgan fingerprint density at radius 2 is 1.74 bits per heavy atom. The third kappa shape index (κ3) is 9.59. The second kappa shape index (κ2) is 13.3. The molecule has 7 N–H and O–H groups in total. The van der Waals surface area contributed by atoms with Gasteiger partial charge >= 0.3 is 5.97 Å². The van der Waals surface area contributed by atoms with E-state index < -0.39 is 55.0 Å². The molecule has 0 rings (SSSR count). The number of carbonyl (C=O) groups is 4. The van der Waals surface area contributed by atoms with Crippen LogP contribution in [0.3, 0.4) is 0 Å². The molecule has 0 aliphatic heterocycles. The summed E-state index contributed by atoms with van der Waals surface area (Å²) in [7, 11) is 0. The summed E-state index contributed by atoms with van der Waals surface area (Å²) in [5.41, 5.74) is 5.82. The van der Waals surface area contributed by atoms with Gasteiger partial charge in [0.1, 0.15) is 18.6 Å².